The molecule has 0 aliphatic carbocycles. The number of furan rings is 1. The number of methoxy groups -OCH3 is 3. The molecule has 1 heterocycles. The predicted molar refractivity (Wildman–Crippen MR) is 118 cm³/mol. The Morgan fingerprint density at radius 2 is 1.73 bits per heavy atom. The summed E-state index contributed by atoms with van der Waals surface area (Å²) in [7, 11) is 8.29. The SMILES string of the molecule is COc1ccc(-c2coc3c(C)c(OC)c(/C(C)=C/C(=O)N(C)C)cc23)cc1OC. The standard InChI is InChI=1S/C24H27NO5/c1-14(10-22(26)25(3)4)17-12-18-19(13-30-24(18)15(2)23(17)29-7)16-8-9-20(27-5)21(11-16)28-6/h8-13H,1-7H3/b14-10+. The predicted octanol–water partition coefficient (Wildman–Crippen LogP) is 4.93. The minimum absolute atomic E-state index is 0.0837. The number of hydrogen-bond acceptors (Lipinski definition) is 5. The fourth-order valence-electron chi connectivity index (χ4n) is 3.49. The summed E-state index contributed by atoms with van der Waals surface area (Å²) in [6.07, 6.45) is 3.34. The van der Waals surface area contributed by atoms with Gasteiger partial charge in [-0.05, 0) is 43.2 Å². The van der Waals surface area contributed by atoms with Crippen molar-refractivity contribution in [3.8, 4) is 28.4 Å². The van der Waals surface area contributed by atoms with Gasteiger partial charge in [-0.1, -0.05) is 6.07 Å². The molecule has 0 saturated heterocycles. The smallest absolute Gasteiger partial charge is 0.246 e. The molecule has 3 aromatic rings. The van der Waals surface area contributed by atoms with Gasteiger partial charge in [0.1, 0.15) is 11.3 Å². The Labute approximate surface area is 176 Å². The number of aryl methyl sites for hydroxylation is 1. The van der Waals surface area contributed by atoms with E-state index in [0.29, 0.717) is 17.2 Å². The number of fused-ring (bicyclic) bond motifs is 1. The molecule has 1 aromatic heterocycles. The molecule has 0 spiro atoms. The summed E-state index contributed by atoms with van der Waals surface area (Å²) in [6, 6.07) is 7.75. The van der Waals surface area contributed by atoms with Crippen molar-refractivity contribution in [1.29, 1.82) is 0 Å². The number of ether oxygens (including phenoxy) is 3. The summed E-state index contributed by atoms with van der Waals surface area (Å²) < 4.78 is 22.4. The van der Waals surface area contributed by atoms with Crippen LogP contribution in [-0.2, 0) is 4.79 Å². The van der Waals surface area contributed by atoms with Gasteiger partial charge in [-0.2, -0.15) is 0 Å². The molecule has 0 bridgehead atoms. The number of carbonyl (C=O) groups is 1. The first kappa shape index (κ1) is 21.3. The van der Waals surface area contributed by atoms with Gasteiger partial charge >= 0.3 is 0 Å². The number of nitrogens with zero attached hydrogens (tertiary/aromatic N) is 1. The summed E-state index contributed by atoms with van der Waals surface area (Å²) in [5.41, 5.74) is 5.14. The third kappa shape index (κ3) is 3.73. The van der Waals surface area contributed by atoms with E-state index >= 15 is 0 Å². The number of likely N-dealkylation sites (N-methyl/N-ethyl adjacent to an activating group) is 1. The molecule has 1 amide bonds. The van der Waals surface area contributed by atoms with Gasteiger partial charge < -0.3 is 23.5 Å². The van der Waals surface area contributed by atoms with Gasteiger partial charge in [-0.3, -0.25) is 4.79 Å². The van der Waals surface area contributed by atoms with Crippen LogP contribution >= 0.6 is 0 Å². The molecular weight excluding hydrogens is 382 g/mol. The molecule has 2 aromatic carbocycles. The maximum Gasteiger partial charge on any atom is 0.246 e. The largest absolute Gasteiger partial charge is 0.496 e. The number of allylic oxidation sites excluding steroid dienone is 1. The molecule has 0 aliphatic heterocycles. The number of amides is 1. The zero-order valence-electron chi connectivity index (χ0n) is 18.5. The van der Waals surface area contributed by atoms with Gasteiger partial charge in [0.15, 0.2) is 11.5 Å². The van der Waals surface area contributed by atoms with Crippen molar-refractivity contribution < 1.29 is 23.4 Å². The average Bonchev–Trinajstić information content (AvgIpc) is 3.17. The molecule has 0 unspecified atom stereocenters. The lowest BCUT2D eigenvalue weighted by atomic mass is 9.96. The molecule has 6 heteroatoms. The van der Waals surface area contributed by atoms with Gasteiger partial charge in [-0.25, -0.2) is 0 Å². The minimum atomic E-state index is -0.0837. The zero-order valence-corrected chi connectivity index (χ0v) is 18.5. The summed E-state index contributed by atoms with van der Waals surface area (Å²) in [5, 5.41) is 0.931. The zero-order chi connectivity index (χ0) is 22.0. The van der Waals surface area contributed by atoms with Crippen LogP contribution in [0.25, 0.3) is 27.7 Å². The van der Waals surface area contributed by atoms with Crippen LogP contribution in [0, 0.1) is 6.92 Å². The van der Waals surface area contributed by atoms with Crippen molar-refractivity contribution in [3.05, 3.63) is 47.7 Å². The fraction of sp³-hybridized carbons (Fsp3) is 0.292. The molecule has 0 fully saturated rings. The van der Waals surface area contributed by atoms with Crippen LogP contribution in [0.5, 0.6) is 17.2 Å². The van der Waals surface area contributed by atoms with Crippen molar-refractivity contribution >= 4 is 22.4 Å². The summed E-state index contributed by atoms with van der Waals surface area (Å²) >= 11 is 0. The molecule has 158 valence electrons. The third-order valence-corrected chi connectivity index (χ3v) is 5.15. The normalized spacial score (nSPS) is 11.5. The van der Waals surface area contributed by atoms with Crippen LogP contribution in [0.15, 0.2) is 41.0 Å². The molecule has 0 N–H and O–H groups in total. The van der Waals surface area contributed by atoms with Crippen LogP contribution in [-0.4, -0.2) is 46.2 Å². The highest BCUT2D eigenvalue weighted by molar-refractivity contribution is 6.01. The van der Waals surface area contributed by atoms with Crippen molar-refractivity contribution in [2.75, 3.05) is 35.4 Å². The number of carbonyl (C=O) groups excluding carboxylic acids is 1. The molecule has 0 saturated carbocycles. The van der Waals surface area contributed by atoms with E-state index in [1.807, 2.05) is 38.1 Å². The van der Waals surface area contributed by atoms with E-state index in [0.717, 1.165) is 38.8 Å². The summed E-state index contributed by atoms with van der Waals surface area (Å²) in [4.78, 5) is 13.7. The highest BCUT2D eigenvalue weighted by Crippen LogP contribution is 2.42. The average molecular weight is 409 g/mol. The van der Waals surface area contributed by atoms with E-state index in [1.165, 1.54) is 4.90 Å². The topological polar surface area (TPSA) is 61.1 Å². The maximum absolute atomic E-state index is 12.2. The Hall–Kier alpha value is -3.41. The second-order valence-electron chi connectivity index (χ2n) is 7.24. The Kier molecular flexibility index (Phi) is 6.06. The van der Waals surface area contributed by atoms with Gasteiger partial charge in [0.05, 0.1) is 27.6 Å². The number of rotatable bonds is 6. The van der Waals surface area contributed by atoms with E-state index < -0.39 is 0 Å². The van der Waals surface area contributed by atoms with Crippen molar-refractivity contribution in [1.82, 2.24) is 4.90 Å². The van der Waals surface area contributed by atoms with Gasteiger partial charge in [-0.15, -0.1) is 0 Å². The lowest BCUT2D eigenvalue weighted by Gasteiger charge is -2.14. The molecule has 0 radical (unpaired) electrons. The fourth-order valence-corrected chi connectivity index (χ4v) is 3.49. The van der Waals surface area contributed by atoms with E-state index in [9.17, 15) is 4.79 Å². The molecule has 30 heavy (non-hydrogen) atoms. The van der Waals surface area contributed by atoms with Gasteiger partial charge in [0, 0.05) is 42.2 Å². The quantitative estimate of drug-likeness (QED) is 0.541. The van der Waals surface area contributed by atoms with Crippen molar-refractivity contribution in [3.63, 3.8) is 0 Å². The van der Waals surface area contributed by atoms with Crippen LogP contribution in [0.4, 0.5) is 0 Å². The van der Waals surface area contributed by atoms with Crippen molar-refractivity contribution in [2.45, 2.75) is 13.8 Å². The highest BCUT2D eigenvalue weighted by atomic mass is 16.5. The first-order valence-electron chi connectivity index (χ1n) is 9.53. The minimum Gasteiger partial charge on any atom is -0.496 e. The Balaban J connectivity index is 2.23. The summed E-state index contributed by atoms with van der Waals surface area (Å²) in [6.45, 7) is 3.86. The van der Waals surface area contributed by atoms with E-state index in [-0.39, 0.29) is 5.91 Å². The Morgan fingerprint density at radius 3 is 2.33 bits per heavy atom. The van der Waals surface area contributed by atoms with Gasteiger partial charge in [0.2, 0.25) is 5.91 Å². The lowest BCUT2D eigenvalue weighted by Crippen LogP contribution is -2.19. The van der Waals surface area contributed by atoms with Crippen LogP contribution in [0.3, 0.4) is 0 Å². The van der Waals surface area contributed by atoms with Crippen LogP contribution in [0.1, 0.15) is 18.1 Å². The second-order valence-corrected chi connectivity index (χ2v) is 7.24. The number of benzene rings is 2. The highest BCUT2D eigenvalue weighted by Gasteiger charge is 2.19. The Bertz CT molecular complexity index is 1120. The lowest BCUT2D eigenvalue weighted by molar-refractivity contribution is -0.123. The van der Waals surface area contributed by atoms with E-state index in [1.54, 1.807) is 47.8 Å². The monoisotopic (exact) mass is 409 g/mol. The molecule has 0 atom stereocenters. The van der Waals surface area contributed by atoms with Crippen LogP contribution < -0.4 is 14.2 Å². The first-order valence-corrected chi connectivity index (χ1v) is 9.53. The van der Waals surface area contributed by atoms with Crippen molar-refractivity contribution in [2.24, 2.45) is 0 Å². The van der Waals surface area contributed by atoms with Crippen LogP contribution in [0.2, 0.25) is 0 Å². The van der Waals surface area contributed by atoms with E-state index in [2.05, 4.69) is 0 Å². The third-order valence-electron chi connectivity index (χ3n) is 5.15. The number of hydrogen-bond donors (Lipinski definition) is 0. The van der Waals surface area contributed by atoms with E-state index in [4.69, 9.17) is 18.6 Å². The summed E-state index contributed by atoms with van der Waals surface area (Å²) in [5.74, 6) is 1.91. The maximum atomic E-state index is 12.2. The second kappa shape index (κ2) is 8.53. The molecule has 0 aliphatic rings. The molecular formula is C24H27NO5. The molecule has 6 nitrogen and oxygen atoms in total. The van der Waals surface area contributed by atoms with Gasteiger partial charge in [0.25, 0.3) is 0 Å². The Morgan fingerprint density at radius 1 is 1.03 bits per heavy atom. The first-order chi connectivity index (χ1) is 14.3. The molecule has 3 rings (SSSR count).